The average molecular weight is 243 g/mol. The highest BCUT2D eigenvalue weighted by molar-refractivity contribution is 6.20. The number of amides is 1. The summed E-state index contributed by atoms with van der Waals surface area (Å²) in [5.74, 6) is -0.396. The molecular weight excluding hydrogens is 228 g/mol. The van der Waals surface area contributed by atoms with Gasteiger partial charge in [0.2, 0.25) is 0 Å². The number of halogens is 1. The van der Waals surface area contributed by atoms with E-state index in [0.29, 0.717) is 6.54 Å². The molecule has 0 aliphatic rings. The Kier molecular flexibility index (Phi) is 5.05. The highest BCUT2D eigenvalue weighted by Crippen LogP contribution is 2.13. The van der Waals surface area contributed by atoms with E-state index in [2.05, 4.69) is 10.3 Å². The van der Waals surface area contributed by atoms with Crippen molar-refractivity contribution in [3.8, 4) is 5.75 Å². The van der Waals surface area contributed by atoms with Gasteiger partial charge in [-0.3, -0.25) is 9.78 Å². The maximum absolute atomic E-state index is 11.6. The Balaban J connectivity index is 2.39. The second kappa shape index (κ2) is 6.33. The van der Waals surface area contributed by atoms with E-state index in [4.69, 9.17) is 11.6 Å². The average Bonchev–Trinajstić information content (AvgIpc) is 2.24. The number of carbonyl (C=O) groups is 1. The van der Waals surface area contributed by atoms with Gasteiger partial charge in [0.15, 0.2) is 0 Å². The molecule has 1 heterocycles. The molecule has 0 bridgehead atoms. The van der Waals surface area contributed by atoms with Gasteiger partial charge in [0.25, 0.3) is 5.91 Å². The van der Waals surface area contributed by atoms with Crippen molar-refractivity contribution in [1.29, 1.82) is 0 Å². The SMILES string of the molecule is CC(Cl)CCCNC(=O)c1ccncc1O. The Morgan fingerprint density at radius 1 is 1.69 bits per heavy atom. The molecule has 0 saturated carbocycles. The number of aromatic hydroxyl groups is 1. The second-order valence-electron chi connectivity index (χ2n) is 3.57. The zero-order chi connectivity index (χ0) is 12.0. The van der Waals surface area contributed by atoms with Crippen LogP contribution in [0.5, 0.6) is 5.75 Å². The van der Waals surface area contributed by atoms with E-state index in [1.807, 2.05) is 6.92 Å². The van der Waals surface area contributed by atoms with Gasteiger partial charge in [-0.1, -0.05) is 0 Å². The first-order valence-electron chi connectivity index (χ1n) is 5.16. The fourth-order valence-electron chi connectivity index (χ4n) is 1.26. The van der Waals surface area contributed by atoms with Crippen molar-refractivity contribution in [2.75, 3.05) is 6.54 Å². The third-order valence-corrected chi connectivity index (χ3v) is 2.33. The molecule has 4 nitrogen and oxygen atoms in total. The highest BCUT2D eigenvalue weighted by atomic mass is 35.5. The van der Waals surface area contributed by atoms with Gasteiger partial charge in [0, 0.05) is 18.1 Å². The van der Waals surface area contributed by atoms with Crippen LogP contribution in [0.4, 0.5) is 0 Å². The Morgan fingerprint density at radius 3 is 3.06 bits per heavy atom. The third-order valence-electron chi connectivity index (χ3n) is 2.11. The Bertz CT molecular complexity index is 356. The normalized spacial score (nSPS) is 12.1. The van der Waals surface area contributed by atoms with Crippen molar-refractivity contribution in [2.24, 2.45) is 0 Å². The van der Waals surface area contributed by atoms with Crippen LogP contribution in [0.1, 0.15) is 30.1 Å². The van der Waals surface area contributed by atoms with Gasteiger partial charge in [0.05, 0.1) is 11.8 Å². The molecule has 0 saturated heterocycles. The quantitative estimate of drug-likeness (QED) is 0.613. The molecule has 0 radical (unpaired) electrons. The second-order valence-corrected chi connectivity index (χ2v) is 4.32. The molecule has 16 heavy (non-hydrogen) atoms. The van der Waals surface area contributed by atoms with E-state index < -0.39 is 0 Å². The van der Waals surface area contributed by atoms with Crippen LogP contribution in [0.15, 0.2) is 18.5 Å². The molecule has 0 fully saturated rings. The molecule has 0 aromatic carbocycles. The lowest BCUT2D eigenvalue weighted by Crippen LogP contribution is -2.24. The van der Waals surface area contributed by atoms with Gasteiger partial charge < -0.3 is 10.4 Å². The van der Waals surface area contributed by atoms with Crippen LogP contribution in [-0.4, -0.2) is 27.9 Å². The van der Waals surface area contributed by atoms with Crippen molar-refractivity contribution in [3.63, 3.8) is 0 Å². The summed E-state index contributed by atoms with van der Waals surface area (Å²) in [6.45, 7) is 2.47. The lowest BCUT2D eigenvalue weighted by atomic mass is 10.2. The van der Waals surface area contributed by atoms with Crippen molar-refractivity contribution in [2.45, 2.75) is 25.1 Å². The number of nitrogens with zero attached hydrogens (tertiary/aromatic N) is 1. The monoisotopic (exact) mass is 242 g/mol. The summed E-state index contributed by atoms with van der Waals surface area (Å²) < 4.78 is 0. The van der Waals surface area contributed by atoms with Gasteiger partial charge >= 0.3 is 0 Å². The fraction of sp³-hybridized carbons (Fsp3) is 0.455. The standard InChI is InChI=1S/C11H15ClN2O2/c1-8(12)3-2-5-14-11(16)9-4-6-13-7-10(9)15/h4,6-8,15H,2-3,5H2,1H3,(H,14,16). The van der Waals surface area contributed by atoms with E-state index in [1.54, 1.807) is 0 Å². The highest BCUT2D eigenvalue weighted by Gasteiger charge is 2.09. The molecule has 1 unspecified atom stereocenters. The van der Waals surface area contributed by atoms with Crippen molar-refractivity contribution in [1.82, 2.24) is 10.3 Å². The first-order valence-corrected chi connectivity index (χ1v) is 5.60. The number of nitrogens with one attached hydrogen (secondary N) is 1. The fourth-order valence-corrected chi connectivity index (χ4v) is 1.41. The Hall–Kier alpha value is -1.29. The third kappa shape index (κ3) is 4.06. The summed E-state index contributed by atoms with van der Waals surface area (Å²) in [6.07, 6.45) is 4.39. The molecule has 88 valence electrons. The van der Waals surface area contributed by atoms with Gasteiger partial charge in [0.1, 0.15) is 5.75 Å². The summed E-state index contributed by atoms with van der Waals surface area (Å²) in [7, 11) is 0. The van der Waals surface area contributed by atoms with Gasteiger partial charge in [-0.15, -0.1) is 11.6 Å². The van der Waals surface area contributed by atoms with Crippen molar-refractivity contribution >= 4 is 17.5 Å². The van der Waals surface area contributed by atoms with Crippen LogP contribution in [0, 0.1) is 0 Å². The summed E-state index contributed by atoms with van der Waals surface area (Å²) in [5, 5.41) is 12.2. The molecule has 0 aliphatic carbocycles. The minimum Gasteiger partial charge on any atom is -0.505 e. The predicted molar refractivity (Wildman–Crippen MR) is 62.8 cm³/mol. The lowest BCUT2D eigenvalue weighted by molar-refractivity contribution is 0.0950. The summed E-state index contributed by atoms with van der Waals surface area (Å²) in [6, 6.07) is 1.48. The maximum atomic E-state index is 11.6. The predicted octanol–water partition coefficient (Wildman–Crippen LogP) is 1.92. The summed E-state index contributed by atoms with van der Waals surface area (Å²) >= 11 is 5.77. The number of carbonyl (C=O) groups excluding carboxylic acids is 1. The molecule has 1 aromatic heterocycles. The number of hydrogen-bond acceptors (Lipinski definition) is 3. The zero-order valence-corrected chi connectivity index (χ0v) is 9.87. The van der Waals surface area contributed by atoms with E-state index in [9.17, 15) is 9.90 Å². The van der Waals surface area contributed by atoms with Crippen LogP contribution in [0.3, 0.4) is 0 Å². The Morgan fingerprint density at radius 2 is 2.44 bits per heavy atom. The molecule has 1 rings (SSSR count). The smallest absolute Gasteiger partial charge is 0.255 e. The first-order chi connectivity index (χ1) is 7.61. The molecule has 5 heteroatoms. The number of rotatable bonds is 5. The molecule has 1 amide bonds. The van der Waals surface area contributed by atoms with Crippen LogP contribution in [0.25, 0.3) is 0 Å². The van der Waals surface area contributed by atoms with Gasteiger partial charge in [-0.05, 0) is 25.8 Å². The van der Waals surface area contributed by atoms with E-state index >= 15 is 0 Å². The van der Waals surface area contributed by atoms with Crippen LogP contribution in [-0.2, 0) is 0 Å². The molecule has 1 atom stereocenters. The maximum Gasteiger partial charge on any atom is 0.255 e. The zero-order valence-electron chi connectivity index (χ0n) is 9.11. The minimum atomic E-state index is -0.290. The molecule has 2 N–H and O–H groups in total. The summed E-state index contributed by atoms with van der Waals surface area (Å²) in [5.41, 5.74) is 0.244. The van der Waals surface area contributed by atoms with Gasteiger partial charge in [-0.25, -0.2) is 0 Å². The Labute approximate surface area is 99.6 Å². The largest absolute Gasteiger partial charge is 0.505 e. The van der Waals surface area contributed by atoms with E-state index in [0.717, 1.165) is 12.8 Å². The van der Waals surface area contributed by atoms with Gasteiger partial charge in [-0.2, -0.15) is 0 Å². The molecular formula is C11H15ClN2O2. The number of aromatic nitrogens is 1. The van der Waals surface area contributed by atoms with E-state index in [-0.39, 0.29) is 22.6 Å². The molecule has 0 spiro atoms. The van der Waals surface area contributed by atoms with Crippen molar-refractivity contribution < 1.29 is 9.90 Å². The number of pyridine rings is 1. The summed E-state index contributed by atoms with van der Waals surface area (Å²) in [4.78, 5) is 15.3. The topological polar surface area (TPSA) is 62.2 Å². The lowest BCUT2D eigenvalue weighted by Gasteiger charge is -2.06. The number of hydrogen-bond donors (Lipinski definition) is 2. The first kappa shape index (κ1) is 12.8. The van der Waals surface area contributed by atoms with Crippen LogP contribution < -0.4 is 5.32 Å². The van der Waals surface area contributed by atoms with Crippen LogP contribution in [0.2, 0.25) is 0 Å². The number of alkyl halides is 1. The van der Waals surface area contributed by atoms with Crippen LogP contribution >= 0.6 is 11.6 Å². The van der Waals surface area contributed by atoms with Crippen molar-refractivity contribution in [3.05, 3.63) is 24.0 Å². The van der Waals surface area contributed by atoms with E-state index in [1.165, 1.54) is 18.5 Å². The molecule has 0 aliphatic heterocycles. The minimum absolute atomic E-state index is 0.106. The molecule has 1 aromatic rings.